The fourth-order valence-corrected chi connectivity index (χ4v) is 5.28. The van der Waals surface area contributed by atoms with Gasteiger partial charge in [0.15, 0.2) is 5.96 Å². The SMILES string of the molecule is CN=C(NCc1ccc(CS(=O)(=O)NC)cc1)N1CCC(CSc2ccccc2)C1. The zero-order valence-electron chi connectivity index (χ0n) is 17.5. The fraction of sp³-hybridized carbons (Fsp3) is 0.409. The number of nitrogens with one attached hydrogen (secondary N) is 2. The van der Waals surface area contributed by atoms with Gasteiger partial charge >= 0.3 is 0 Å². The van der Waals surface area contributed by atoms with Crippen LogP contribution in [0.15, 0.2) is 64.5 Å². The van der Waals surface area contributed by atoms with Gasteiger partial charge in [-0.15, -0.1) is 11.8 Å². The maximum absolute atomic E-state index is 11.7. The smallest absolute Gasteiger partial charge is 0.215 e. The van der Waals surface area contributed by atoms with Gasteiger partial charge < -0.3 is 10.2 Å². The zero-order chi connectivity index (χ0) is 21.4. The molecule has 1 heterocycles. The Morgan fingerprint density at radius 3 is 2.50 bits per heavy atom. The molecule has 0 aromatic heterocycles. The van der Waals surface area contributed by atoms with Crippen LogP contribution in [-0.4, -0.2) is 52.2 Å². The lowest BCUT2D eigenvalue weighted by Crippen LogP contribution is -2.39. The predicted octanol–water partition coefficient (Wildman–Crippen LogP) is 2.93. The average Bonchev–Trinajstić information content (AvgIpc) is 3.23. The van der Waals surface area contributed by atoms with Gasteiger partial charge in [0.1, 0.15) is 0 Å². The molecule has 0 spiro atoms. The molecule has 0 amide bonds. The van der Waals surface area contributed by atoms with Crippen molar-refractivity contribution < 1.29 is 8.42 Å². The number of aliphatic imine (C=N–C) groups is 1. The fourth-order valence-electron chi connectivity index (χ4n) is 3.45. The summed E-state index contributed by atoms with van der Waals surface area (Å²) in [4.78, 5) is 8.10. The molecule has 1 unspecified atom stereocenters. The Balaban J connectivity index is 1.46. The van der Waals surface area contributed by atoms with Gasteiger partial charge in [0.2, 0.25) is 10.0 Å². The summed E-state index contributed by atoms with van der Waals surface area (Å²) < 4.78 is 25.7. The first-order chi connectivity index (χ1) is 14.5. The second-order valence-electron chi connectivity index (χ2n) is 7.41. The Bertz CT molecular complexity index is 931. The molecule has 162 valence electrons. The highest BCUT2D eigenvalue weighted by molar-refractivity contribution is 7.99. The molecule has 0 aliphatic carbocycles. The highest BCUT2D eigenvalue weighted by Crippen LogP contribution is 2.25. The molecule has 8 heteroatoms. The number of hydrogen-bond donors (Lipinski definition) is 2. The van der Waals surface area contributed by atoms with Crippen LogP contribution in [0.5, 0.6) is 0 Å². The molecule has 1 aliphatic heterocycles. The number of sulfonamides is 1. The molecule has 0 bridgehead atoms. The number of likely N-dealkylation sites (tertiary alicyclic amines) is 1. The Kier molecular flexibility index (Phi) is 8.18. The van der Waals surface area contributed by atoms with E-state index in [1.54, 1.807) is 0 Å². The van der Waals surface area contributed by atoms with Gasteiger partial charge in [-0.25, -0.2) is 13.1 Å². The maximum Gasteiger partial charge on any atom is 0.215 e. The first-order valence-electron chi connectivity index (χ1n) is 10.1. The molecule has 1 fully saturated rings. The molecule has 6 nitrogen and oxygen atoms in total. The van der Waals surface area contributed by atoms with Crippen molar-refractivity contribution in [3.8, 4) is 0 Å². The first kappa shape index (κ1) is 22.7. The molecule has 30 heavy (non-hydrogen) atoms. The Morgan fingerprint density at radius 2 is 1.83 bits per heavy atom. The third-order valence-electron chi connectivity index (χ3n) is 5.17. The molecular weight excluding hydrogens is 416 g/mol. The minimum absolute atomic E-state index is 0.00492. The van der Waals surface area contributed by atoms with E-state index in [2.05, 4.69) is 50.3 Å². The Hall–Kier alpha value is -2.03. The summed E-state index contributed by atoms with van der Waals surface area (Å²) in [5, 5.41) is 3.44. The van der Waals surface area contributed by atoms with Gasteiger partial charge in [0.05, 0.1) is 5.75 Å². The van der Waals surface area contributed by atoms with Gasteiger partial charge in [-0.2, -0.15) is 0 Å². The summed E-state index contributed by atoms with van der Waals surface area (Å²) in [7, 11) is 0.00541. The molecule has 1 atom stereocenters. The number of nitrogens with zero attached hydrogens (tertiary/aromatic N) is 2. The van der Waals surface area contributed by atoms with Crippen LogP contribution in [0.4, 0.5) is 0 Å². The Morgan fingerprint density at radius 1 is 1.13 bits per heavy atom. The van der Waals surface area contributed by atoms with Crippen LogP contribution < -0.4 is 10.0 Å². The van der Waals surface area contributed by atoms with Crippen LogP contribution in [-0.2, 0) is 22.3 Å². The molecule has 0 saturated carbocycles. The summed E-state index contributed by atoms with van der Waals surface area (Å²) in [6.07, 6.45) is 1.18. The second kappa shape index (κ2) is 10.8. The number of guanidine groups is 1. The van der Waals surface area contributed by atoms with E-state index >= 15 is 0 Å². The lowest BCUT2D eigenvalue weighted by Gasteiger charge is -2.22. The molecular formula is C22H30N4O2S2. The van der Waals surface area contributed by atoms with Crippen molar-refractivity contribution in [2.45, 2.75) is 23.6 Å². The Labute approximate surface area is 184 Å². The number of thioether (sulfide) groups is 1. The third kappa shape index (κ3) is 6.75. The van der Waals surface area contributed by atoms with Crippen molar-refractivity contribution in [1.82, 2.24) is 14.9 Å². The van der Waals surface area contributed by atoms with Crippen molar-refractivity contribution in [1.29, 1.82) is 0 Å². The molecule has 2 aromatic rings. The quantitative estimate of drug-likeness (QED) is 0.371. The van der Waals surface area contributed by atoms with Crippen molar-refractivity contribution in [2.75, 3.05) is 32.9 Å². The van der Waals surface area contributed by atoms with E-state index in [0.29, 0.717) is 12.5 Å². The van der Waals surface area contributed by atoms with Crippen molar-refractivity contribution in [3.63, 3.8) is 0 Å². The van der Waals surface area contributed by atoms with Gasteiger partial charge in [0.25, 0.3) is 0 Å². The van der Waals surface area contributed by atoms with Crippen LogP contribution in [0.25, 0.3) is 0 Å². The molecule has 3 rings (SSSR count). The summed E-state index contributed by atoms with van der Waals surface area (Å²) in [6, 6.07) is 18.2. The predicted molar refractivity (Wildman–Crippen MR) is 125 cm³/mol. The normalized spacial score (nSPS) is 17.3. The van der Waals surface area contributed by atoms with Gasteiger partial charge in [-0.05, 0) is 42.6 Å². The molecule has 2 N–H and O–H groups in total. The highest BCUT2D eigenvalue weighted by Gasteiger charge is 2.24. The van der Waals surface area contributed by atoms with E-state index in [9.17, 15) is 8.42 Å². The third-order valence-corrected chi connectivity index (χ3v) is 7.75. The minimum atomic E-state index is -3.25. The highest BCUT2D eigenvalue weighted by atomic mass is 32.2. The van der Waals surface area contributed by atoms with E-state index in [1.165, 1.54) is 18.4 Å². The van der Waals surface area contributed by atoms with E-state index in [0.717, 1.165) is 35.9 Å². The van der Waals surface area contributed by atoms with Crippen LogP contribution in [0, 0.1) is 5.92 Å². The lowest BCUT2D eigenvalue weighted by atomic mass is 10.1. The van der Waals surface area contributed by atoms with E-state index in [4.69, 9.17) is 0 Å². The van der Waals surface area contributed by atoms with Gasteiger partial charge in [-0.1, -0.05) is 42.5 Å². The van der Waals surface area contributed by atoms with E-state index in [1.807, 2.05) is 43.1 Å². The monoisotopic (exact) mass is 446 g/mol. The second-order valence-corrected chi connectivity index (χ2v) is 10.4. The van der Waals surface area contributed by atoms with Crippen LogP contribution >= 0.6 is 11.8 Å². The lowest BCUT2D eigenvalue weighted by molar-refractivity contribution is 0.474. The standard InChI is InChI=1S/C22H30N4O2S2/c1-23-22(25-14-18-8-10-19(11-9-18)17-30(27,28)24-2)26-13-12-20(15-26)16-29-21-6-4-3-5-7-21/h3-11,20,24H,12-17H2,1-2H3,(H,23,25). The minimum Gasteiger partial charge on any atom is -0.352 e. The topological polar surface area (TPSA) is 73.8 Å². The largest absolute Gasteiger partial charge is 0.352 e. The summed E-state index contributed by atoms with van der Waals surface area (Å²) in [6.45, 7) is 2.69. The number of benzene rings is 2. The van der Waals surface area contributed by atoms with Crippen molar-refractivity contribution in [2.24, 2.45) is 10.9 Å². The van der Waals surface area contributed by atoms with E-state index in [-0.39, 0.29) is 5.75 Å². The average molecular weight is 447 g/mol. The van der Waals surface area contributed by atoms with Crippen LogP contribution in [0.1, 0.15) is 17.5 Å². The van der Waals surface area contributed by atoms with Crippen molar-refractivity contribution >= 4 is 27.7 Å². The van der Waals surface area contributed by atoms with Gasteiger partial charge in [0, 0.05) is 37.3 Å². The molecule has 1 saturated heterocycles. The zero-order valence-corrected chi connectivity index (χ0v) is 19.2. The van der Waals surface area contributed by atoms with Gasteiger partial charge in [-0.3, -0.25) is 4.99 Å². The summed E-state index contributed by atoms with van der Waals surface area (Å²) >= 11 is 1.92. The summed E-state index contributed by atoms with van der Waals surface area (Å²) in [5.74, 6) is 2.69. The number of hydrogen-bond acceptors (Lipinski definition) is 4. The number of rotatable bonds is 8. The summed E-state index contributed by atoms with van der Waals surface area (Å²) in [5.41, 5.74) is 1.87. The first-order valence-corrected chi connectivity index (χ1v) is 12.8. The van der Waals surface area contributed by atoms with E-state index < -0.39 is 10.0 Å². The maximum atomic E-state index is 11.7. The molecule has 1 aliphatic rings. The molecule has 0 radical (unpaired) electrons. The van der Waals surface area contributed by atoms with Crippen molar-refractivity contribution in [3.05, 3.63) is 65.7 Å². The molecule has 2 aromatic carbocycles. The van der Waals surface area contributed by atoms with Crippen LogP contribution in [0.3, 0.4) is 0 Å². The van der Waals surface area contributed by atoms with Crippen LogP contribution in [0.2, 0.25) is 0 Å².